The number of ether oxygens (including phenoxy) is 3. The van der Waals surface area contributed by atoms with Gasteiger partial charge in [0.15, 0.2) is 6.10 Å². The van der Waals surface area contributed by atoms with Crippen LogP contribution in [0, 0.1) is 0 Å². The molecule has 0 saturated heterocycles. The Kier molecular flexibility index (Phi) is 7.08. The lowest BCUT2D eigenvalue weighted by molar-refractivity contribution is -0.0550. The average molecular weight is 458 g/mol. The van der Waals surface area contributed by atoms with E-state index in [0.29, 0.717) is 6.92 Å². The zero-order chi connectivity index (χ0) is 23.4. The minimum absolute atomic E-state index is 0.00676. The van der Waals surface area contributed by atoms with Crippen LogP contribution in [0.25, 0.3) is 0 Å². The third-order valence-electron chi connectivity index (χ3n) is 3.95. The molecule has 2 aromatic rings. The van der Waals surface area contributed by atoms with Gasteiger partial charge in [0.1, 0.15) is 11.3 Å². The van der Waals surface area contributed by atoms with Gasteiger partial charge in [-0.25, -0.2) is 14.4 Å². The number of hydrogen-bond acceptors (Lipinski definition) is 8. The van der Waals surface area contributed by atoms with Crippen molar-refractivity contribution in [1.82, 2.24) is 0 Å². The summed E-state index contributed by atoms with van der Waals surface area (Å²) in [6.07, 6.45) is -2.48. The molecule has 0 saturated carbocycles. The van der Waals surface area contributed by atoms with E-state index in [1.165, 1.54) is 24.3 Å². The zero-order valence-corrected chi connectivity index (χ0v) is 16.9. The minimum atomic E-state index is -5.79. The first-order valence-corrected chi connectivity index (χ1v) is 9.88. The van der Waals surface area contributed by atoms with E-state index in [4.69, 9.17) is 9.29 Å². The van der Waals surface area contributed by atoms with Crippen LogP contribution in [-0.4, -0.2) is 49.3 Å². The maximum absolute atomic E-state index is 13.5. The molecule has 12 heteroatoms. The van der Waals surface area contributed by atoms with Crippen molar-refractivity contribution in [3.63, 3.8) is 0 Å². The summed E-state index contributed by atoms with van der Waals surface area (Å²) in [7, 11) is -4.64. The highest BCUT2D eigenvalue weighted by Gasteiger charge is 2.52. The molecule has 1 N–H and O–H groups in total. The lowest BCUT2D eigenvalue weighted by Crippen LogP contribution is -2.42. The van der Waals surface area contributed by atoms with Gasteiger partial charge in [-0.05, 0) is 43.3 Å². The van der Waals surface area contributed by atoms with E-state index in [9.17, 15) is 31.6 Å². The van der Waals surface area contributed by atoms with Gasteiger partial charge in [0.25, 0.3) is 0 Å². The van der Waals surface area contributed by atoms with Crippen molar-refractivity contribution < 1.29 is 50.3 Å². The van der Waals surface area contributed by atoms with Gasteiger partial charge < -0.3 is 14.2 Å². The van der Waals surface area contributed by atoms with Gasteiger partial charge in [0.2, 0.25) is 0 Å². The Bertz CT molecular complexity index is 1100. The van der Waals surface area contributed by atoms with E-state index < -0.39 is 39.4 Å². The molecule has 0 spiro atoms. The predicted molar refractivity (Wildman–Crippen MR) is 101 cm³/mol. The summed E-state index contributed by atoms with van der Waals surface area (Å²) in [6.45, 7) is 0.593. The smallest absolute Gasteiger partial charge is 0.405 e. The molecular formula is C19H16F2O9S. The maximum Gasteiger partial charge on any atom is 0.405 e. The predicted octanol–water partition coefficient (Wildman–Crippen LogP) is 2.72. The fourth-order valence-corrected chi connectivity index (χ4v) is 2.71. The van der Waals surface area contributed by atoms with E-state index in [0.717, 1.165) is 31.4 Å². The third kappa shape index (κ3) is 5.41. The van der Waals surface area contributed by atoms with Gasteiger partial charge in [0, 0.05) is 0 Å². The van der Waals surface area contributed by atoms with Crippen LogP contribution in [0.5, 0.6) is 5.75 Å². The van der Waals surface area contributed by atoms with E-state index in [1.54, 1.807) is 0 Å². The van der Waals surface area contributed by atoms with Crippen molar-refractivity contribution in [2.75, 3.05) is 7.11 Å². The van der Waals surface area contributed by atoms with Gasteiger partial charge >= 0.3 is 33.3 Å². The van der Waals surface area contributed by atoms with Crippen molar-refractivity contribution in [3.05, 3.63) is 65.2 Å². The molecule has 166 valence electrons. The number of carbonyl (C=O) groups is 3. The second-order valence-corrected chi connectivity index (χ2v) is 7.53. The number of benzene rings is 2. The Morgan fingerprint density at radius 2 is 1.45 bits per heavy atom. The summed E-state index contributed by atoms with van der Waals surface area (Å²) in [5.74, 6) is -2.99. The molecule has 0 aliphatic carbocycles. The topological polar surface area (TPSA) is 133 Å². The third-order valence-corrected chi connectivity index (χ3v) is 4.97. The van der Waals surface area contributed by atoms with Crippen LogP contribution in [-0.2, 0) is 19.6 Å². The van der Waals surface area contributed by atoms with Gasteiger partial charge in [-0.3, -0.25) is 4.55 Å². The number of carbonyl (C=O) groups excluding carboxylic acids is 3. The second kappa shape index (κ2) is 9.18. The molecule has 0 fully saturated rings. The Hall–Kier alpha value is -3.38. The molecule has 0 heterocycles. The van der Waals surface area contributed by atoms with Gasteiger partial charge in [0.05, 0.1) is 18.2 Å². The molecule has 9 nitrogen and oxygen atoms in total. The molecule has 2 aromatic carbocycles. The molecule has 1 unspecified atom stereocenters. The molecule has 0 aliphatic heterocycles. The van der Waals surface area contributed by atoms with Crippen LogP contribution in [0.3, 0.4) is 0 Å². The van der Waals surface area contributed by atoms with Crippen LogP contribution in [0.4, 0.5) is 8.78 Å². The summed E-state index contributed by atoms with van der Waals surface area (Å²) < 4.78 is 71.0. The molecular weight excluding hydrogens is 442 g/mol. The quantitative estimate of drug-likeness (QED) is 0.378. The van der Waals surface area contributed by atoms with Gasteiger partial charge in [-0.15, -0.1) is 0 Å². The highest BCUT2D eigenvalue weighted by Crippen LogP contribution is 2.28. The number of alkyl halides is 2. The Morgan fingerprint density at radius 3 is 1.97 bits per heavy atom. The second-order valence-electron chi connectivity index (χ2n) is 6.04. The first-order valence-electron chi connectivity index (χ1n) is 8.44. The van der Waals surface area contributed by atoms with Crippen molar-refractivity contribution in [3.8, 4) is 5.75 Å². The molecule has 0 aliphatic rings. The van der Waals surface area contributed by atoms with Crippen molar-refractivity contribution in [1.29, 1.82) is 0 Å². The lowest BCUT2D eigenvalue weighted by atomic mass is 10.1. The van der Waals surface area contributed by atoms with E-state index in [1.807, 2.05) is 0 Å². The number of halogens is 2. The molecule has 2 rings (SSSR count). The lowest BCUT2D eigenvalue weighted by Gasteiger charge is -2.20. The molecule has 0 aromatic heterocycles. The number of para-hydroxylation sites is 1. The van der Waals surface area contributed by atoms with E-state index in [-0.39, 0.29) is 22.4 Å². The van der Waals surface area contributed by atoms with Crippen LogP contribution >= 0.6 is 0 Å². The van der Waals surface area contributed by atoms with Crippen molar-refractivity contribution in [2.24, 2.45) is 0 Å². The fraction of sp³-hybridized carbons (Fsp3) is 0.211. The van der Waals surface area contributed by atoms with Crippen molar-refractivity contribution >= 4 is 28.0 Å². The Morgan fingerprint density at radius 1 is 0.935 bits per heavy atom. The highest BCUT2D eigenvalue weighted by molar-refractivity contribution is 7.86. The van der Waals surface area contributed by atoms with Crippen molar-refractivity contribution in [2.45, 2.75) is 18.3 Å². The van der Waals surface area contributed by atoms with Crippen LogP contribution in [0.1, 0.15) is 38.0 Å². The zero-order valence-electron chi connectivity index (χ0n) is 16.1. The Labute approximate surface area is 175 Å². The van der Waals surface area contributed by atoms with Gasteiger partial charge in [-0.2, -0.15) is 17.2 Å². The largest absolute Gasteiger partial charge is 0.465 e. The standard InChI is InChI=1S/C19H16F2O9S/c1-11(19(20,21)31(25,26)27)29-16(22)12-7-9-13(10-8-12)17(23)30-15-6-4-3-5-14(15)18(24)28-2/h3-11H,1-2H3,(H,25,26,27). The summed E-state index contributed by atoms with van der Waals surface area (Å²) in [6, 6.07) is 10.2. The number of rotatable bonds is 7. The summed E-state index contributed by atoms with van der Waals surface area (Å²) >= 11 is 0. The maximum atomic E-state index is 13.5. The first kappa shape index (κ1) is 23.9. The molecule has 0 bridgehead atoms. The molecule has 1 atom stereocenters. The molecule has 0 amide bonds. The summed E-state index contributed by atoms with van der Waals surface area (Å²) in [4.78, 5) is 36.0. The average Bonchev–Trinajstić information content (AvgIpc) is 2.72. The molecule has 0 radical (unpaired) electrons. The van der Waals surface area contributed by atoms with Gasteiger partial charge in [-0.1, -0.05) is 12.1 Å². The van der Waals surface area contributed by atoms with Crippen LogP contribution in [0.15, 0.2) is 48.5 Å². The van der Waals surface area contributed by atoms with E-state index >= 15 is 0 Å². The Balaban J connectivity index is 2.13. The summed E-state index contributed by atoms with van der Waals surface area (Å²) in [5.41, 5.74) is -0.315. The number of methoxy groups -OCH3 is 1. The summed E-state index contributed by atoms with van der Waals surface area (Å²) in [5, 5.41) is -4.71. The van der Waals surface area contributed by atoms with Crippen LogP contribution < -0.4 is 4.74 Å². The fourth-order valence-electron chi connectivity index (χ4n) is 2.24. The van der Waals surface area contributed by atoms with Crippen LogP contribution in [0.2, 0.25) is 0 Å². The number of hydrogen-bond donors (Lipinski definition) is 1. The normalized spacial score (nSPS) is 12.5. The molecule has 31 heavy (non-hydrogen) atoms. The minimum Gasteiger partial charge on any atom is -0.465 e. The first-order chi connectivity index (χ1) is 14.4. The number of esters is 3. The SMILES string of the molecule is COC(=O)c1ccccc1OC(=O)c1ccc(C(=O)OC(C)C(F)(F)S(=O)(=O)O)cc1. The highest BCUT2D eigenvalue weighted by atomic mass is 32.2. The monoisotopic (exact) mass is 458 g/mol. The van der Waals surface area contributed by atoms with E-state index in [2.05, 4.69) is 9.47 Å².